The van der Waals surface area contributed by atoms with Crippen molar-refractivity contribution in [3.05, 3.63) is 58.6 Å². The molecule has 1 aliphatic rings. The zero-order valence-electron chi connectivity index (χ0n) is 16.0. The molecule has 0 spiro atoms. The van der Waals surface area contributed by atoms with Crippen LogP contribution in [0.4, 0.5) is 5.69 Å². The summed E-state index contributed by atoms with van der Waals surface area (Å²) in [7, 11) is -3.72. The summed E-state index contributed by atoms with van der Waals surface area (Å²) in [6.07, 6.45) is 3.29. The molecule has 0 saturated heterocycles. The predicted octanol–water partition coefficient (Wildman–Crippen LogP) is 4.80. The molecule has 2 N–H and O–H groups in total. The first-order chi connectivity index (χ1) is 13.3. The van der Waals surface area contributed by atoms with Gasteiger partial charge in [-0.2, -0.15) is 0 Å². The van der Waals surface area contributed by atoms with Gasteiger partial charge in [0.05, 0.1) is 4.90 Å². The van der Waals surface area contributed by atoms with Crippen LogP contribution in [0.5, 0.6) is 0 Å². The number of halogens is 1. The first kappa shape index (κ1) is 20.9. The van der Waals surface area contributed by atoms with Crippen LogP contribution >= 0.6 is 15.9 Å². The average molecular weight is 465 g/mol. The number of hydrogen-bond acceptors (Lipinski definition) is 3. The van der Waals surface area contributed by atoms with Crippen LogP contribution in [0.15, 0.2) is 57.9 Å². The summed E-state index contributed by atoms with van der Waals surface area (Å²) in [6.45, 7) is 4.40. The lowest BCUT2D eigenvalue weighted by molar-refractivity contribution is 0.0891. The van der Waals surface area contributed by atoms with Crippen molar-refractivity contribution in [3.8, 4) is 0 Å². The van der Waals surface area contributed by atoms with E-state index in [1.807, 2.05) is 0 Å². The van der Waals surface area contributed by atoms with Crippen LogP contribution < -0.4 is 10.0 Å². The van der Waals surface area contributed by atoms with Gasteiger partial charge in [-0.15, -0.1) is 0 Å². The maximum absolute atomic E-state index is 12.7. The van der Waals surface area contributed by atoms with Crippen molar-refractivity contribution in [2.75, 3.05) is 4.72 Å². The summed E-state index contributed by atoms with van der Waals surface area (Å²) in [6, 6.07) is 13.1. The number of carbonyl (C=O) groups is 1. The molecule has 3 rings (SSSR count). The minimum atomic E-state index is -3.72. The third-order valence-electron chi connectivity index (χ3n) is 5.52. The standard InChI is InChI=1S/C21H25BrN2O3S/c1-14-5-3-8-20(15(14)2)23-21(25)16-6-4-7-18(13-16)24-28(26,27)19-11-9-17(22)10-12-19/h4,6-7,9-15,20,24H,3,5,8H2,1-2H3,(H,23,25)/t14-,15-,20-/m1/s1. The summed E-state index contributed by atoms with van der Waals surface area (Å²) in [5.74, 6) is 0.843. The molecule has 0 bridgehead atoms. The number of benzene rings is 2. The molecule has 7 heteroatoms. The second-order valence-electron chi connectivity index (χ2n) is 7.49. The van der Waals surface area contributed by atoms with Crippen molar-refractivity contribution in [3.63, 3.8) is 0 Å². The van der Waals surface area contributed by atoms with Crippen LogP contribution in [0.1, 0.15) is 43.5 Å². The van der Waals surface area contributed by atoms with Crippen molar-refractivity contribution in [2.24, 2.45) is 11.8 Å². The molecule has 0 aliphatic heterocycles. The van der Waals surface area contributed by atoms with Gasteiger partial charge in [0.1, 0.15) is 0 Å². The van der Waals surface area contributed by atoms with Gasteiger partial charge in [0, 0.05) is 21.8 Å². The van der Waals surface area contributed by atoms with E-state index in [9.17, 15) is 13.2 Å². The Morgan fingerprint density at radius 2 is 1.79 bits per heavy atom. The van der Waals surface area contributed by atoms with Gasteiger partial charge >= 0.3 is 0 Å². The fraction of sp³-hybridized carbons (Fsp3) is 0.381. The van der Waals surface area contributed by atoms with E-state index in [0.717, 1.165) is 17.3 Å². The van der Waals surface area contributed by atoms with E-state index in [-0.39, 0.29) is 16.8 Å². The highest BCUT2D eigenvalue weighted by Gasteiger charge is 2.28. The Kier molecular flexibility index (Phi) is 6.45. The monoisotopic (exact) mass is 464 g/mol. The molecule has 5 nitrogen and oxygen atoms in total. The minimum Gasteiger partial charge on any atom is -0.349 e. The number of rotatable bonds is 5. The van der Waals surface area contributed by atoms with E-state index < -0.39 is 10.0 Å². The molecule has 1 saturated carbocycles. The molecular weight excluding hydrogens is 440 g/mol. The fourth-order valence-electron chi connectivity index (χ4n) is 3.59. The molecule has 0 aromatic heterocycles. The fourth-order valence-corrected chi connectivity index (χ4v) is 4.90. The number of hydrogen-bond donors (Lipinski definition) is 2. The Hall–Kier alpha value is -1.86. The quantitative estimate of drug-likeness (QED) is 0.666. The first-order valence-corrected chi connectivity index (χ1v) is 11.7. The molecule has 28 heavy (non-hydrogen) atoms. The molecule has 2 aromatic rings. The number of anilines is 1. The van der Waals surface area contributed by atoms with Gasteiger partial charge < -0.3 is 5.32 Å². The summed E-state index contributed by atoms with van der Waals surface area (Å²) >= 11 is 3.29. The van der Waals surface area contributed by atoms with E-state index in [0.29, 0.717) is 23.1 Å². The van der Waals surface area contributed by atoms with Crippen LogP contribution in [0, 0.1) is 11.8 Å². The van der Waals surface area contributed by atoms with Crippen molar-refractivity contribution >= 4 is 37.5 Å². The van der Waals surface area contributed by atoms with Gasteiger partial charge in [-0.1, -0.05) is 48.7 Å². The first-order valence-electron chi connectivity index (χ1n) is 9.45. The second-order valence-corrected chi connectivity index (χ2v) is 10.1. The Balaban J connectivity index is 1.73. The molecule has 1 aliphatic carbocycles. The molecule has 2 aromatic carbocycles. The number of sulfonamides is 1. The molecule has 3 atom stereocenters. The molecule has 0 heterocycles. The molecule has 1 fully saturated rings. The molecular formula is C21H25BrN2O3S. The lowest BCUT2D eigenvalue weighted by Gasteiger charge is -2.34. The van der Waals surface area contributed by atoms with E-state index in [1.54, 1.807) is 36.4 Å². The molecule has 0 radical (unpaired) electrons. The highest BCUT2D eigenvalue weighted by atomic mass is 79.9. The van der Waals surface area contributed by atoms with Gasteiger partial charge in [0.2, 0.25) is 0 Å². The lowest BCUT2D eigenvalue weighted by atomic mass is 9.78. The maximum Gasteiger partial charge on any atom is 0.261 e. The Morgan fingerprint density at radius 3 is 2.50 bits per heavy atom. The van der Waals surface area contributed by atoms with E-state index in [4.69, 9.17) is 0 Å². The summed E-state index contributed by atoms with van der Waals surface area (Å²) in [4.78, 5) is 12.9. The van der Waals surface area contributed by atoms with Gasteiger partial charge in [-0.3, -0.25) is 9.52 Å². The third-order valence-corrected chi connectivity index (χ3v) is 7.45. The van der Waals surface area contributed by atoms with E-state index in [2.05, 4.69) is 39.8 Å². The Labute approximate surface area is 175 Å². The average Bonchev–Trinajstić information content (AvgIpc) is 2.65. The summed E-state index contributed by atoms with van der Waals surface area (Å²) < 4.78 is 28.5. The number of carbonyl (C=O) groups excluding carboxylic acids is 1. The molecule has 1 amide bonds. The largest absolute Gasteiger partial charge is 0.349 e. The summed E-state index contributed by atoms with van der Waals surface area (Å²) in [5.41, 5.74) is 0.807. The van der Waals surface area contributed by atoms with Crippen molar-refractivity contribution in [1.82, 2.24) is 5.32 Å². The normalized spacial score (nSPS) is 22.5. The zero-order valence-corrected chi connectivity index (χ0v) is 18.4. The van der Waals surface area contributed by atoms with Crippen molar-refractivity contribution in [1.29, 1.82) is 0 Å². The van der Waals surface area contributed by atoms with Crippen LogP contribution in [-0.4, -0.2) is 20.4 Å². The van der Waals surface area contributed by atoms with Gasteiger partial charge in [0.25, 0.3) is 15.9 Å². The van der Waals surface area contributed by atoms with Gasteiger partial charge in [-0.25, -0.2) is 8.42 Å². The van der Waals surface area contributed by atoms with Gasteiger partial charge in [0.15, 0.2) is 0 Å². The minimum absolute atomic E-state index is 0.152. The Bertz CT molecular complexity index is 944. The van der Waals surface area contributed by atoms with Crippen LogP contribution in [0.3, 0.4) is 0 Å². The maximum atomic E-state index is 12.7. The van der Waals surface area contributed by atoms with Crippen molar-refractivity contribution < 1.29 is 13.2 Å². The summed E-state index contributed by atoms with van der Waals surface area (Å²) in [5, 5.41) is 3.12. The van der Waals surface area contributed by atoms with Crippen LogP contribution in [-0.2, 0) is 10.0 Å². The van der Waals surface area contributed by atoms with E-state index >= 15 is 0 Å². The van der Waals surface area contributed by atoms with E-state index in [1.165, 1.54) is 18.6 Å². The molecule has 150 valence electrons. The SMILES string of the molecule is C[C@@H]1[C@H](C)CCC[C@H]1NC(=O)c1cccc(NS(=O)(=O)c2ccc(Br)cc2)c1. The Morgan fingerprint density at radius 1 is 1.07 bits per heavy atom. The third kappa shape index (κ3) is 4.94. The zero-order chi connectivity index (χ0) is 20.3. The smallest absolute Gasteiger partial charge is 0.261 e. The lowest BCUT2D eigenvalue weighted by Crippen LogP contribution is -2.43. The number of nitrogens with one attached hydrogen (secondary N) is 2. The van der Waals surface area contributed by atoms with Crippen LogP contribution in [0.25, 0.3) is 0 Å². The number of amides is 1. The van der Waals surface area contributed by atoms with Gasteiger partial charge in [-0.05, 0) is 60.7 Å². The second kappa shape index (κ2) is 8.66. The molecule has 0 unspecified atom stereocenters. The van der Waals surface area contributed by atoms with Crippen LogP contribution in [0.2, 0.25) is 0 Å². The highest BCUT2D eigenvalue weighted by molar-refractivity contribution is 9.10. The topological polar surface area (TPSA) is 75.3 Å². The highest BCUT2D eigenvalue weighted by Crippen LogP contribution is 2.29. The predicted molar refractivity (Wildman–Crippen MR) is 115 cm³/mol. The van der Waals surface area contributed by atoms with Crippen molar-refractivity contribution in [2.45, 2.75) is 44.0 Å².